The normalized spacial score (nSPS) is 21.0. The summed E-state index contributed by atoms with van der Waals surface area (Å²) in [5.74, 6) is 0.0668. The third kappa shape index (κ3) is 6.97. The van der Waals surface area contributed by atoms with Crippen LogP contribution in [0.3, 0.4) is 0 Å². The minimum absolute atomic E-state index is 0.0668. The fraction of sp³-hybridized carbons (Fsp3) is 0.543. The number of ether oxygens (including phenoxy) is 1. The maximum Gasteiger partial charge on any atom is 0.257 e. The molecule has 2 saturated heterocycles. The highest BCUT2D eigenvalue weighted by molar-refractivity contribution is 5.96. The van der Waals surface area contributed by atoms with Gasteiger partial charge in [-0.15, -0.1) is 0 Å². The Morgan fingerprint density at radius 2 is 1.77 bits per heavy atom. The van der Waals surface area contributed by atoms with Gasteiger partial charge >= 0.3 is 0 Å². The number of carbonyl (C=O) groups is 1. The van der Waals surface area contributed by atoms with Crippen molar-refractivity contribution in [2.75, 3.05) is 39.3 Å². The van der Waals surface area contributed by atoms with Gasteiger partial charge in [-0.25, -0.2) is 9.97 Å². The Morgan fingerprint density at radius 3 is 2.42 bits per heavy atom. The van der Waals surface area contributed by atoms with Crippen molar-refractivity contribution in [3.05, 3.63) is 77.5 Å². The molecule has 2 aliphatic rings. The van der Waals surface area contributed by atoms with Gasteiger partial charge in [0.2, 0.25) is 0 Å². The summed E-state index contributed by atoms with van der Waals surface area (Å²) in [5, 5.41) is 0. The average Bonchev–Trinajstić information content (AvgIpc) is 3.01. The first-order chi connectivity index (χ1) is 20.7. The second kappa shape index (κ2) is 13.6. The molecular formula is C35H48N6O2. The van der Waals surface area contributed by atoms with E-state index in [1.807, 2.05) is 37.1 Å². The van der Waals surface area contributed by atoms with Crippen molar-refractivity contribution in [1.29, 1.82) is 0 Å². The predicted octanol–water partition coefficient (Wildman–Crippen LogP) is 5.19. The minimum atomic E-state index is 0.0668. The molecule has 230 valence electrons. The van der Waals surface area contributed by atoms with Crippen LogP contribution in [0.15, 0.2) is 55.0 Å². The molecule has 0 bridgehead atoms. The molecule has 4 heterocycles. The molecule has 0 spiro atoms. The summed E-state index contributed by atoms with van der Waals surface area (Å²) in [6, 6.07) is 15.5. The largest absolute Gasteiger partial charge is 0.377 e. The van der Waals surface area contributed by atoms with Gasteiger partial charge in [0, 0.05) is 75.1 Å². The molecule has 0 aliphatic carbocycles. The van der Waals surface area contributed by atoms with Gasteiger partial charge in [0.15, 0.2) is 0 Å². The van der Waals surface area contributed by atoms with Gasteiger partial charge in [0.1, 0.15) is 6.33 Å². The number of rotatable bonds is 9. The molecule has 1 amide bonds. The summed E-state index contributed by atoms with van der Waals surface area (Å²) in [6.07, 6.45) is 6.31. The molecule has 0 radical (unpaired) electrons. The van der Waals surface area contributed by atoms with Crippen molar-refractivity contribution >= 4 is 5.91 Å². The Bertz CT molecular complexity index is 1350. The lowest BCUT2D eigenvalue weighted by molar-refractivity contribution is -0.0623. The number of benzene rings is 1. The van der Waals surface area contributed by atoms with Crippen molar-refractivity contribution in [3.8, 4) is 11.3 Å². The van der Waals surface area contributed by atoms with E-state index in [9.17, 15) is 4.79 Å². The quantitative estimate of drug-likeness (QED) is 0.343. The van der Waals surface area contributed by atoms with Gasteiger partial charge in [0.05, 0.1) is 28.7 Å². The second-order valence-electron chi connectivity index (χ2n) is 12.6. The fourth-order valence-corrected chi connectivity index (χ4v) is 7.06. The van der Waals surface area contributed by atoms with E-state index in [0.717, 1.165) is 74.6 Å². The summed E-state index contributed by atoms with van der Waals surface area (Å²) in [7, 11) is 0. The number of piperidine rings is 1. The number of hydrogen-bond acceptors (Lipinski definition) is 7. The molecule has 0 saturated carbocycles. The summed E-state index contributed by atoms with van der Waals surface area (Å²) in [4.78, 5) is 33.7. The first kappa shape index (κ1) is 31.2. The zero-order valence-corrected chi connectivity index (χ0v) is 26.8. The van der Waals surface area contributed by atoms with Crippen molar-refractivity contribution < 1.29 is 9.53 Å². The Balaban J connectivity index is 1.20. The van der Waals surface area contributed by atoms with E-state index in [4.69, 9.17) is 4.74 Å². The van der Waals surface area contributed by atoms with E-state index in [0.29, 0.717) is 24.3 Å². The summed E-state index contributed by atoms with van der Waals surface area (Å²) >= 11 is 0. The number of aromatic nitrogens is 3. The zero-order chi connectivity index (χ0) is 30.6. The Labute approximate surface area is 257 Å². The van der Waals surface area contributed by atoms with Crippen LogP contribution in [-0.2, 0) is 11.2 Å². The molecule has 43 heavy (non-hydrogen) atoms. The molecule has 2 aromatic heterocycles. The summed E-state index contributed by atoms with van der Waals surface area (Å²) in [5.41, 5.74) is 5.69. The molecular weight excluding hydrogens is 536 g/mol. The van der Waals surface area contributed by atoms with Crippen LogP contribution < -0.4 is 0 Å². The van der Waals surface area contributed by atoms with E-state index < -0.39 is 0 Å². The predicted molar refractivity (Wildman–Crippen MR) is 171 cm³/mol. The van der Waals surface area contributed by atoms with Gasteiger partial charge in [0.25, 0.3) is 5.91 Å². The number of pyridine rings is 1. The molecule has 0 unspecified atom stereocenters. The summed E-state index contributed by atoms with van der Waals surface area (Å²) < 4.78 is 6.39. The Hall–Kier alpha value is -3.20. The van der Waals surface area contributed by atoms with Crippen LogP contribution in [0.2, 0.25) is 0 Å². The van der Waals surface area contributed by atoms with Crippen molar-refractivity contribution in [3.63, 3.8) is 0 Å². The molecule has 2 fully saturated rings. The van der Waals surface area contributed by atoms with E-state index >= 15 is 0 Å². The highest BCUT2D eigenvalue weighted by Crippen LogP contribution is 2.33. The molecule has 3 atom stereocenters. The van der Waals surface area contributed by atoms with Crippen LogP contribution in [0.1, 0.15) is 67.8 Å². The topological polar surface area (TPSA) is 74.7 Å². The number of carbonyl (C=O) groups excluding carboxylic acids is 1. The summed E-state index contributed by atoms with van der Waals surface area (Å²) in [6.45, 7) is 18.2. The molecule has 5 rings (SSSR count). The van der Waals surface area contributed by atoms with E-state index in [2.05, 4.69) is 82.8 Å². The standard InChI is InChI=1S/C35H48N6O2/c1-7-43-32(22-29-11-10-12-30(21-29)31-13-8-9-16-36-31)28(5)41-20-19-40(23-25(41)2)35(6)14-17-39(18-15-35)34(42)33-26(3)37-24-38-27(33)4/h8-13,16,21,24-25,28,32H,7,14-15,17-20,22-23H2,1-6H3/t25-,28+,32+/m0/s1. The monoisotopic (exact) mass is 584 g/mol. The van der Waals surface area contributed by atoms with Crippen molar-refractivity contribution in [1.82, 2.24) is 29.7 Å². The van der Waals surface area contributed by atoms with Crippen LogP contribution in [0.5, 0.6) is 0 Å². The van der Waals surface area contributed by atoms with Gasteiger partial charge < -0.3 is 9.64 Å². The maximum absolute atomic E-state index is 13.3. The maximum atomic E-state index is 13.3. The van der Waals surface area contributed by atoms with Crippen molar-refractivity contribution in [2.45, 2.75) is 84.5 Å². The second-order valence-corrected chi connectivity index (χ2v) is 12.6. The van der Waals surface area contributed by atoms with Gasteiger partial charge in [-0.3, -0.25) is 19.6 Å². The molecule has 8 heteroatoms. The number of aryl methyl sites for hydroxylation is 2. The Kier molecular flexibility index (Phi) is 9.89. The molecule has 1 aromatic carbocycles. The van der Waals surface area contributed by atoms with E-state index in [1.54, 1.807) is 0 Å². The molecule has 0 N–H and O–H groups in total. The molecule has 8 nitrogen and oxygen atoms in total. The van der Waals surface area contributed by atoms with E-state index in [-0.39, 0.29) is 17.6 Å². The van der Waals surface area contributed by atoms with E-state index in [1.165, 1.54) is 11.9 Å². The highest BCUT2D eigenvalue weighted by Gasteiger charge is 2.41. The lowest BCUT2D eigenvalue weighted by atomic mass is 9.86. The lowest BCUT2D eigenvalue weighted by Crippen LogP contribution is -2.64. The smallest absolute Gasteiger partial charge is 0.257 e. The number of hydrogen-bond donors (Lipinski definition) is 0. The van der Waals surface area contributed by atoms with Gasteiger partial charge in [-0.05, 0) is 78.1 Å². The van der Waals surface area contributed by atoms with Crippen LogP contribution in [-0.4, -0.2) is 98.6 Å². The third-order valence-electron chi connectivity index (χ3n) is 9.78. The Morgan fingerprint density at radius 1 is 1.02 bits per heavy atom. The van der Waals surface area contributed by atoms with Crippen LogP contribution >= 0.6 is 0 Å². The highest BCUT2D eigenvalue weighted by atomic mass is 16.5. The number of likely N-dealkylation sites (tertiary alicyclic amines) is 1. The average molecular weight is 585 g/mol. The van der Waals surface area contributed by atoms with Gasteiger partial charge in [-0.2, -0.15) is 0 Å². The van der Waals surface area contributed by atoms with Crippen LogP contribution in [0.25, 0.3) is 11.3 Å². The fourth-order valence-electron chi connectivity index (χ4n) is 7.06. The number of amides is 1. The first-order valence-corrected chi connectivity index (χ1v) is 15.9. The zero-order valence-electron chi connectivity index (χ0n) is 26.8. The first-order valence-electron chi connectivity index (χ1n) is 15.9. The lowest BCUT2D eigenvalue weighted by Gasteiger charge is -2.53. The number of nitrogens with zero attached hydrogens (tertiary/aromatic N) is 6. The minimum Gasteiger partial charge on any atom is -0.377 e. The number of piperazine rings is 1. The van der Waals surface area contributed by atoms with Crippen molar-refractivity contribution in [2.24, 2.45) is 0 Å². The van der Waals surface area contributed by atoms with Crippen LogP contribution in [0, 0.1) is 13.8 Å². The molecule has 3 aromatic rings. The SMILES string of the molecule is CCO[C@H](Cc1cccc(-c2ccccn2)c1)[C@@H](C)N1CCN(C2(C)CCN(C(=O)c3c(C)ncnc3C)CC2)C[C@@H]1C. The van der Waals surface area contributed by atoms with Gasteiger partial charge in [-0.1, -0.05) is 24.3 Å². The third-order valence-corrected chi connectivity index (χ3v) is 9.78. The molecule has 2 aliphatic heterocycles. The van der Waals surface area contributed by atoms with Crippen LogP contribution in [0.4, 0.5) is 0 Å².